The van der Waals surface area contributed by atoms with Gasteiger partial charge < -0.3 is 15.0 Å². The summed E-state index contributed by atoms with van der Waals surface area (Å²) in [7, 11) is 2.16. The number of pyridine rings is 1. The highest BCUT2D eigenvalue weighted by Gasteiger charge is 2.27. The molecule has 0 unspecified atom stereocenters. The minimum atomic E-state index is -0.505. The maximum absolute atomic E-state index is 13.4. The van der Waals surface area contributed by atoms with Crippen LogP contribution in [0.4, 0.5) is 10.1 Å². The number of piperidine rings is 1. The number of hydrogen-bond donors (Lipinski definition) is 1. The van der Waals surface area contributed by atoms with E-state index in [1.54, 1.807) is 12.3 Å². The van der Waals surface area contributed by atoms with Crippen LogP contribution in [0.3, 0.4) is 0 Å². The largest absolute Gasteiger partial charge is 0.485 e. The fourth-order valence-corrected chi connectivity index (χ4v) is 4.31. The molecule has 0 aliphatic carbocycles. The molecule has 3 heterocycles. The third-order valence-electron chi connectivity index (χ3n) is 6.13. The lowest BCUT2D eigenvalue weighted by Crippen LogP contribution is -2.35. The first kappa shape index (κ1) is 22.8. The molecule has 32 heavy (non-hydrogen) atoms. The quantitative estimate of drug-likeness (QED) is 0.664. The van der Waals surface area contributed by atoms with Crippen LogP contribution in [0.15, 0.2) is 35.5 Å². The molecule has 6 nitrogen and oxygen atoms in total. The minimum Gasteiger partial charge on any atom is -0.485 e. The predicted molar refractivity (Wildman–Crippen MR) is 124 cm³/mol. The molecular weight excluding hydrogens is 431 g/mol. The Labute approximate surface area is 192 Å². The Hall–Kier alpha value is -2.35. The maximum atomic E-state index is 13.4. The number of aromatic nitrogens is 1. The molecular formula is C24H28ClFN4O2. The van der Waals surface area contributed by atoms with Gasteiger partial charge in [-0.3, -0.25) is 14.8 Å². The van der Waals surface area contributed by atoms with E-state index < -0.39 is 11.9 Å². The lowest BCUT2D eigenvalue weighted by Gasteiger charge is -2.29. The van der Waals surface area contributed by atoms with Gasteiger partial charge in [0.25, 0.3) is 0 Å². The van der Waals surface area contributed by atoms with Gasteiger partial charge in [0.1, 0.15) is 17.7 Å². The second-order valence-electron chi connectivity index (χ2n) is 8.57. The van der Waals surface area contributed by atoms with E-state index in [4.69, 9.17) is 21.3 Å². The van der Waals surface area contributed by atoms with E-state index >= 15 is 0 Å². The average molecular weight is 459 g/mol. The van der Waals surface area contributed by atoms with E-state index in [0.29, 0.717) is 35.2 Å². The Morgan fingerprint density at radius 1 is 1.31 bits per heavy atom. The zero-order chi connectivity index (χ0) is 22.7. The minimum absolute atomic E-state index is 0.00319. The van der Waals surface area contributed by atoms with Gasteiger partial charge >= 0.3 is 0 Å². The normalized spacial score (nSPS) is 18.2. The summed E-state index contributed by atoms with van der Waals surface area (Å²) in [5.41, 5.74) is 2.59. The van der Waals surface area contributed by atoms with Crippen molar-refractivity contribution in [2.75, 3.05) is 26.7 Å². The Kier molecular flexibility index (Phi) is 7.18. The predicted octanol–water partition coefficient (Wildman–Crippen LogP) is 4.43. The molecule has 0 saturated carbocycles. The number of ketones is 1. The van der Waals surface area contributed by atoms with Gasteiger partial charge in [-0.05, 0) is 70.6 Å². The van der Waals surface area contributed by atoms with Crippen LogP contribution in [0.1, 0.15) is 42.2 Å². The summed E-state index contributed by atoms with van der Waals surface area (Å²) in [4.78, 5) is 24.4. The van der Waals surface area contributed by atoms with Crippen molar-refractivity contribution in [2.24, 2.45) is 10.9 Å². The van der Waals surface area contributed by atoms with E-state index in [-0.39, 0.29) is 17.2 Å². The number of benzene rings is 1. The number of nitrogens with zero attached hydrogens (tertiary/aromatic N) is 3. The van der Waals surface area contributed by atoms with Gasteiger partial charge in [-0.25, -0.2) is 4.39 Å². The number of fused-ring (bicyclic) bond motifs is 1. The summed E-state index contributed by atoms with van der Waals surface area (Å²) in [6.45, 7) is 5.56. The SMILES string of the molecule is C[C@H](Oc1ccc(F)c(Cl)c1)C1=Nc2c(ccnc2CNCC2CCN(C)CC2)C(=O)C1. The molecule has 1 fully saturated rings. The van der Waals surface area contributed by atoms with Crippen molar-refractivity contribution in [1.82, 2.24) is 15.2 Å². The lowest BCUT2D eigenvalue weighted by molar-refractivity contribution is 0.0996. The third-order valence-corrected chi connectivity index (χ3v) is 6.42. The summed E-state index contributed by atoms with van der Waals surface area (Å²) in [6.07, 6.45) is 3.76. The van der Waals surface area contributed by atoms with Crippen molar-refractivity contribution in [1.29, 1.82) is 0 Å². The molecule has 1 N–H and O–H groups in total. The van der Waals surface area contributed by atoms with Gasteiger partial charge in [-0.1, -0.05) is 11.6 Å². The Bertz CT molecular complexity index is 1020. The van der Waals surface area contributed by atoms with Crippen LogP contribution in [-0.2, 0) is 6.54 Å². The van der Waals surface area contributed by atoms with Gasteiger partial charge in [-0.15, -0.1) is 0 Å². The number of carbonyl (C=O) groups is 1. The molecule has 1 saturated heterocycles. The molecule has 0 spiro atoms. The number of carbonyl (C=O) groups excluding carboxylic acids is 1. The smallest absolute Gasteiger partial charge is 0.170 e. The van der Waals surface area contributed by atoms with E-state index in [1.165, 1.54) is 31.0 Å². The van der Waals surface area contributed by atoms with E-state index in [0.717, 1.165) is 25.3 Å². The fraction of sp³-hybridized carbons (Fsp3) is 0.458. The lowest BCUT2D eigenvalue weighted by atomic mass is 9.96. The second-order valence-corrected chi connectivity index (χ2v) is 8.98. The topological polar surface area (TPSA) is 66.8 Å². The van der Waals surface area contributed by atoms with Crippen molar-refractivity contribution in [3.05, 3.63) is 52.6 Å². The maximum Gasteiger partial charge on any atom is 0.170 e. The first-order valence-corrected chi connectivity index (χ1v) is 11.4. The van der Waals surface area contributed by atoms with Crippen LogP contribution >= 0.6 is 11.6 Å². The molecule has 0 radical (unpaired) electrons. The van der Waals surface area contributed by atoms with Crippen molar-refractivity contribution in [3.8, 4) is 5.75 Å². The first-order valence-electron chi connectivity index (χ1n) is 11.0. The van der Waals surface area contributed by atoms with Crippen LogP contribution in [-0.4, -0.2) is 54.2 Å². The van der Waals surface area contributed by atoms with Crippen molar-refractivity contribution >= 4 is 28.8 Å². The van der Waals surface area contributed by atoms with Crippen molar-refractivity contribution in [3.63, 3.8) is 0 Å². The van der Waals surface area contributed by atoms with E-state index in [1.807, 2.05) is 6.92 Å². The summed E-state index contributed by atoms with van der Waals surface area (Å²) in [5, 5.41) is 3.49. The monoisotopic (exact) mass is 458 g/mol. The highest BCUT2D eigenvalue weighted by molar-refractivity contribution is 6.30. The Balaban J connectivity index is 1.46. The molecule has 2 aromatic rings. The van der Waals surface area contributed by atoms with E-state index in [2.05, 4.69) is 22.2 Å². The zero-order valence-electron chi connectivity index (χ0n) is 18.4. The molecule has 8 heteroatoms. The molecule has 0 amide bonds. The molecule has 1 aromatic heterocycles. The fourth-order valence-electron chi connectivity index (χ4n) is 4.14. The van der Waals surface area contributed by atoms with Gasteiger partial charge in [0.15, 0.2) is 5.78 Å². The van der Waals surface area contributed by atoms with Crippen molar-refractivity contribution in [2.45, 2.75) is 38.8 Å². The van der Waals surface area contributed by atoms with Gasteiger partial charge in [0, 0.05) is 24.4 Å². The van der Waals surface area contributed by atoms with Gasteiger partial charge in [-0.2, -0.15) is 0 Å². The average Bonchev–Trinajstić information content (AvgIpc) is 2.78. The number of halogens is 2. The Morgan fingerprint density at radius 3 is 2.84 bits per heavy atom. The highest BCUT2D eigenvalue weighted by Crippen LogP contribution is 2.30. The van der Waals surface area contributed by atoms with Crippen molar-refractivity contribution < 1.29 is 13.9 Å². The summed E-state index contributed by atoms with van der Waals surface area (Å²) < 4.78 is 19.3. The Morgan fingerprint density at radius 2 is 2.09 bits per heavy atom. The standard InChI is InChI=1S/C24H28ClFN4O2/c1-15(32-17-3-4-20(26)19(25)11-17)21-12-23(31)18-5-8-28-22(24(18)29-21)14-27-13-16-6-9-30(2)10-7-16/h3-5,8,11,15-16,27H,6-7,9-10,12-14H2,1-2H3/t15-/m0/s1. The molecule has 0 bridgehead atoms. The molecule has 4 rings (SSSR count). The molecule has 1 aromatic carbocycles. The summed E-state index contributed by atoms with van der Waals surface area (Å²) in [6, 6.07) is 5.92. The van der Waals surface area contributed by atoms with E-state index in [9.17, 15) is 9.18 Å². The number of aliphatic imine (C=N–C) groups is 1. The second kappa shape index (κ2) is 10.1. The molecule has 2 aliphatic rings. The van der Waals surface area contributed by atoms with Crippen LogP contribution in [0.25, 0.3) is 0 Å². The van der Waals surface area contributed by atoms with Gasteiger partial charge in [0.05, 0.1) is 28.5 Å². The number of hydrogen-bond acceptors (Lipinski definition) is 6. The zero-order valence-corrected chi connectivity index (χ0v) is 19.2. The van der Waals surface area contributed by atoms with Gasteiger partial charge in [0.2, 0.25) is 0 Å². The number of rotatable bonds is 7. The number of nitrogens with one attached hydrogen (secondary N) is 1. The molecule has 170 valence electrons. The molecule has 1 atom stereocenters. The van der Waals surface area contributed by atoms with Crippen LogP contribution in [0.5, 0.6) is 5.75 Å². The van der Waals surface area contributed by atoms with Crippen LogP contribution < -0.4 is 10.1 Å². The number of Topliss-reactive ketones (excluding diaryl/α,β-unsaturated/α-hetero) is 1. The van der Waals surface area contributed by atoms with Crippen LogP contribution in [0, 0.1) is 11.7 Å². The molecule has 2 aliphatic heterocycles. The number of likely N-dealkylation sites (tertiary alicyclic amines) is 1. The van der Waals surface area contributed by atoms with Crippen LogP contribution in [0.2, 0.25) is 5.02 Å². The first-order chi connectivity index (χ1) is 15.4. The summed E-state index contributed by atoms with van der Waals surface area (Å²) in [5.74, 6) is 0.573. The number of ether oxygens (including phenoxy) is 1. The third kappa shape index (κ3) is 5.34. The highest BCUT2D eigenvalue weighted by atomic mass is 35.5. The summed E-state index contributed by atoms with van der Waals surface area (Å²) >= 11 is 5.85.